The lowest BCUT2D eigenvalue weighted by atomic mass is 10.0. The highest BCUT2D eigenvalue weighted by atomic mass is 19.1. The van der Waals surface area contributed by atoms with Gasteiger partial charge in [-0.15, -0.1) is 0 Å². The first kappa shape index (κ1) is 20.5. The number of benzene rings is 3. The van der Waals surface area contributed by atoms with Crippen molar-refractivity contribution in [2.45, 2.75) is 19.8 Å². The third-order valence-corrected chi connectivity index (χ3v) is 5.08. The lowest BCUT2D eigenvalue weighted by Crippen LogP contribution is -2.11. The number of ether oxygens (including phenoxy) is 2. The summed E-state index contributed by atoms with van der Waals surface area (Å²) >= 11 is 0. The van der Waals surface area contributed by atoms with Crippen LogP contribution in [0, 0.1) is 5.82 Å². The molecule has 0 fully saturated rings. The van der Waals surface area contributed by atoms with Gasteiger partial charge in [-0.1, -0.05) is 38.1 Å². The molecule has 156 valence electrons. The Hall–Kier alpha value is -3.73. The number of allylic oxidation sites excluding steroid dienone is 1. The van der Waals surface area contributed by atoms with Crippen LogP contribution in [0.1, 0.15) is 51.6 Å². The molecular weight excluding hydrogens is 395 g/mol. The van der Waals surface area contributed by atoms with Crippen LogP contribution >= 0.6 is 0 Å². The highest BCUT2D eigenvalue weighted by Gasteiger charge is 2.27. The molecule has 0 saturated carbocycles. The zero-order valence-corrected chi connectivity index (χ0v) is 17.2. The van der Waals surface area contributed by atoms with Gasteiger partial charge >= 0.3 is 0 Å². The van der Waals surface area contributed by atoms with Gasteiger partial charge in [-0.25, -0.2) is 4.39 Å². The predicted molar refractivity (Wildman–Crippen MR) is 116 cm³/mol. The van der Waals surface area contributed by atoms with E-state index in [0.29, 0.717) is 28.5 Å². The van der Waals surface area contributed by atoms with Crippen molar-refractivity contribution >= 4 is 17.6 Å². The zero-order chi connectivity index (χ0) is 22.0. The molecule has 5 heteroatoms. The standard InChI is InChI=1S/C26H21FO4/c1-16(2)18-5-3-17(4-6-18)13-25-26(29)22-12-11-21(14-24(22)31-25)30-15-23(28)19-7-9-20(27)10-8-19/h3-14,16H,15H2,1-2H3/b25-13-. The molecule has 1 aliphatic heterocycles. The summed E-state index contributed by atoms with van der Waals surface area (Å²) in [6.07, 6.45) is 1.71. The Morgan fingerprint density at radius 2 is 1.74 bits per heavy atom. The first-order chi connectivity index (χ1) is 14.9. The number of Topliss-reactive ketones (excluding diaryl/α,β-unsaturated/α-hetero) is 2. The van der Waals surface area contributed by atoms with Crippen LogP contribution in [-0.2, 0) is 0 Å². The van der Waals surface area contributed by atoms with Gasteiger partial charge in [0.15, 0.2) is 18.1 Å². The van der Waals surface area contributed by atoms with Gasteiger partial charge in [0, 0.05) is 11.6 Å². The number of carbonyl (C=O) groups excluding carboxylic acids is 2. The third kappa shape index (κ3) is 4.56. The molecule has 0 amide bonds. The van der Waals surface area contributed by atoms with E-state index >= 15 is 0 Å². The molecule has 0 aliphatic carbocycles. The van der Waals surface area contributed by atoms with Gasteiger partial charge in [0.05, 0.1) is 5.56 Å². The molecule has 4 nitrogen and oxygen atoms in total. The van der Waals surface area contributed by atoms with E-state index in [4.69, 9.17) is 9.47 Å². The first-order valence-electron chi connectivity index (χ1n) is 10.0. The molecule has 0 aromatic heterocycles. The summed E-state index contributed by atoms with van der Waals surface area (Å²) in [6, 6.07) is 18.1. The SMILES string of the molecule is CC(C)c1ccc(/C=C2\Oc3cc(OCC(=O)c4ccc(F)cc4)ccc3C2=O)cc1. The molecule has 0 unspecified atom stereocenters. The lowest BCUT2D eigenvalue weighted by Gasteiger charge is -2.07. The van der Waals surface area contributed by atoms with Crippen LogP contribution in [0.25, 0.3) is 6.08 Å². The minimum Gasteiger partial charge on any atom is -0.485 e. The molecular formula is C26H21FO4. The molecule has 31 heavy (non-hydrogen) atoms. The summed E-state index contributed by atoms with van der Waals surface area (Å²) in [6.45, 7) is 4.05. The normalized spacial score (nSPS) is 13.9. The fourth-order valence-corrected chi connectivity index (χ4v) is 3.25. The molecule has 0 N–H and O–H groups in total. The van der Waals surface area contributed by atoms with Crippen molar-refractivity contribution in [3.63, 3.8) is 0 Å². The van der Waals surface area contributed by atoms with Crippen LogP contribution in [0.3, 0.4) is 0 Å². The van der Waals surface area contributed by atoms with Crippen molar-refractivity contribution in [1.82, 2.24) is 0 Å². The topological polar surface area (TPSA) is 52.6 Å². The molecule has 1 heterocycles. The number of carbonyl (C=O) groups is 2. The highest BCUT2D eigenvalue weighted by molar-refractivity contribution is 6.14. The Morgan fingerprint density at radius 1 is 1.03 bits per heavy atom. The molecule has 0 spiro atoms. The first-order valence-corrected chi connectivity index (χ1v) is 10.0. The van der Waals surface area contributed by atoms with Gasteiger partial charge in [-0.05, 0) is 59.5 Å². The van der Waals surface area contributed by atoms with Crippen molar-refractivity contribution in [1.29, 1.82) is 0 Å². The second kappa shape index (κ2) is 8.56. The Balaban J connectivity index is 1.45. The van der Waals surface area contributed by atoms with Crippen LogP contribution in [0.4, 0.5) is 4.39 Å². The van der Waals surface area contributed by atoms with Crippen molar-refractivity contribution in [2.24, 2.45) is 0 Å². The Labute approximate surface area is 179 Å². The average Bonchev–Trinajstić information content (AvgIpc) is 3.07. The molecule has 4 rings (SSSR count). The largest absolute Gasteiger partial charge is 0.485 e. The van der Waals surface area contributed by atoms with Crippen LogP contribution in [0.15, 0.2) is 72.5 Å². The number of halogens is 1. The van der Waals surface area contributed by atoms with Gasteiger partial charge in [-0.3, -0.25) is 9.59 Å². The Kier molecular flexibility index (Phi) is 5.67. The van der Waals surface area contributed by atoms with E-state index in [0.717, 1.165) is 5.56 Å². The van der Waals surface area contributed by atoms with Gasteiger partial charge < -0.3 is 9.47 Å². The molecule has 0 radical (unpaired) electrons. The third-order valence-electron chi connectivity index (χ3n) is 5.08. The van der Waals surface area contributed by atoms with Gasteiger partial charge in [0.1, 0.15) is 17.3 Å². The maximum Gasteiger partial charge on any atom is 0.231 e. The quantitative estimate of drug-likeness (QED) is 0.375. The molecule has 0 saturated heterocycles. The minimum absolute atomic E-state index is 0.197. The molecule has 1 aliphatic rings. The maximum absolute atomic E-state index is 13.0. The fraction of sp³-hybridized carbons (Fsp3) is 0.154. The summed E-state index contributed by atoms with van der Waals surface area (Å²) in [7, 11) is 0. The van der Waals surface area contributed by atoms with Gasteiger partial charge in [-0.2, -0.15) is 0 Å². The average molecular weight is 416 g/mol. The summed E-state index contributed by atoms with van der Waals surface area (Å²) in [5, 5.41) is 0. The summed E-state index contributed by atoms with van der Waals surface area (Å²) in [5.74, 6) is 0.597. The van der Waals surface area contributed by atoms with Crippen LogP contribution in [-0.4, -0.2) is 18.2 Å². The van der Waals surface area contributed by atoms with E-state index in [2.05, 4.69) is 13.8 Å². The van der Waals surface area contributed by atoms with Crippen molar-refractivity contribution in [2.75, 3.05) is 6.61 Å². The van der Waals surface area contributed by atoms with E-state index in [1.807, 2.05) is 24.3 Å². The predicted octanol–water partition coefficient (Wildman–Crippen LogP) is 5.83. The van der Waals surface area contributed by atoms with E-state index in [9.17, 15) is 14.0 Å². The van der Waals surface area contributed by atoms with Crippen LogP contribution in [0.5, 0.6) is 11.5 Å². The van der Waals surface area contributed by atoms with E-state index < -0.39 is 5.82 Å². The monoisotopic (exact) mass is 416 g/mol. The van der Waals surface area contributed by atoms with E-state index in [-0.39, 0.29) is 23.9 Å². The van der Waals surface area contributed by atoms with E-state index in [1.54, 1.807) is 24.3 Å². The fourth-order valence-electron chi connectivity index (χ4n) is 3.25. The number of rotatable bonds is 6. The van der Waals surface area contributed by atoms with Crippen LogP contribution < -0.4 is 9.47 Å². The number of fused-ring (bicyclic) bond motifs is 1. The summed E-state index contributed by atoms with van der Waals surface area (Å²) in [5.41, 5.74) is 2.91. The van der Waals surface area contributed by atoms with Gasteiger partial charge in [0.2, 0.25) is 5.78 Å². The maximum atomic E-state index is 13.0. The molecule has 3 aromatic carbocycles. The summed E-state index contributed by atoms with van der Waals surface area (Å²) in [4.78, 5) is 24.8. The summed E-state index contributed by atoms with van der Waals surface area (Å²) < 4.78 is 24.3. The van der Waals surface area contributed by atoms with Gasteiger partial charge in [0.25, 0.3) is 0 Å². The van der Waals surface area contributed by atoms with Crippen molar-refractivity contribution < 1.29 is 23.5 Å². The van der Waals surface area contributed by atoms with Crippen molar-refractivity contribution in [3.05, 3.63) is 101 Å². The second-order valence-corrected chi connectivity index (χ2v) is 7.64. The minimum atomic E-state index is -0.405. The van der Waals surface area contributed by atoms with E-state index in [1.165, 1.54) is 29.8 Å². The zero-order valence-electron chi connectivity index (χ0n) is 17.2. The number of ketones is 2. The molecule has 0 atom stereocenters. The smallest absolute Gasteiger partial charge is 0.231 e. The van der Waals surface area contributed by atoms with Crippen LogP contribution in [0.2, 0.25) is 0 Å². The highest BCUT2D eigenvalue weighted by Crippen LogP contribution is 2.35. The lowest BCUT2D eigenvalue weighted by molar-refractivity contribution is 0.0920. The Bertz CT molecular complexity index is 1160. The molecule has 3 aromatic rings. The molecule has 0 bridgehead atoms. The number of hydrogen-bond donors (Lipinski definition) is 0. The number of hydrogen-bond acceptors (Lipinski definition) is 4. The second-order valence-electron chi connectivity index (χ2n) is 7.64. The Morgan fingerprint density at radius 3 is 2.42 bits per heavy atom. The van der Waals surface area contributed by atoms with Crippen molar-refractivity contribution in [3.8, 4) is 11.5 Å².